The minimum absolute atomic E-state index is 0.0501. The largest absolute Gasteiger partial charge is 0.484 e. The van der Waals surface area contributed by atoms with Crippen LogP contribution < -0.4 is 15.0 Å². The molecule has 3 rings (SSSR count). The second kappa shape index (κ2) is 9.80. The molecule has 150 valence electrons. The normalized spacial score (nSPS) is 15.2. The van der Waals surface area contributed by atoms with E-state index in [1.165, 1.54) is 5.56 Å². The molecular weight excluding hydrogens is 376 g/mol. The molecule has 2 aromatic rings. The predicted octanol–water partition coefficient (Wildman–Crippen LogP) is 4.71. The molecule has 0 aromatic heterocycles. The average molecular weight is 403 g/mol. The lowest BCUT2D eigenvalue weighted by atomic mass is 9.99. The average Bonchev–Trinajstić information content (AvgIpc) is 2.73. The van der Waals surface area contributed by atoms with Crippen molar-refractivity contribution in [3.8, 4) is 5.75 Å². The molecule has 0 radical (unpaired) electrons. The number of carbonyl (C=O) groups excluding carboxylic acids is 1. The van der Waals surface area contributed by atoms with Crippen molar-refractivity contribution in [2.24, 2.45) is 0 Å². The second-order valence-electron chi connectivity index (χ2n) is 6.98. The van der Waals surface area contributed by atoms with Crippen molar-refractivity contribution in [3.63, 3.8) is 0 Å². The van der Waals surface area contributed by atoms with Crippen molar-refractivity contribution in [3.05, 3.63) is 53.1 Å². The van der Waals surface area contributed by atoms with Crippen molar-refractivity contribution in [2.45, 2.75) is 26.2 Å². The molecule has 2 aromatic carbocycles. The number of nitrogens with one attached hydrogen (secondary N) is 1. The molecule has 1 amide bonds. The van der Waals surface area contributed by atoms with E-state index in [1.807, 2.05) is 36.4 Å². The highest BCUT2D eigenvalue weighted by atomic mass is 35.5. The summed E-state index contributed by atoms with van der Waals surface area (Å²) < 4.78 is 11.0. The summed E-state index contributed by atoms with van der Waals surface area (Å²) in [5.74, 6) is 0.978. The number of rotatable bonds is 7. The predicted molar refractivity (Wildman–Crippen MR) is 114 cm³/mol. The topological polar surface area (TPSA) is 50.8 Å². The fraction of sp³-hybridized carbons (Fsp3) is 0.409. The van der Waals surface area contributed by atoms with Gasteiger partial charge in [0.2, 0.25) is 0 Å². The summed E-state index contributed by atoms with van der Waals surface area (Å²) in [4.78, 5) is 14.4. The van der Waals surface area contributed by atoms with Gasteiger partial charge in [0.15, 0.2) is 6.61 Å². The molecule has 1 saturated heterocycles. The molecule has 1 heterocycles. The Kier molecular flexibility index (Phi) is 7.18. The smallest absolute Gasteiger partial charge is 0.262 e. The number of nitrogens with zero attached hydrogens (tertiary/aromatic N) is 1. The number of morpholine rings is 1. The molecule has 1 atom stereocenters. The van der Waals surface area contributed by atoms with Crippen LogP contribution in [0.25, 0.3) is 0 Å². The zero-order valence-corrected chi connectivity index (χ0v) is 17.2. The van der Waals surface area contributed by atoms with E-state index in [1.54, 1.807) is 6.07 Å². The Labute approximate surface area is 171 Å². The van der Waals surface area contributed by atoms with Gasteiger partial charge in [0.05, 0.1) is 23.9 Å². The van der Waals surface area contributed by atoms with E-state index >= 15 is 0 Å². The van der Waals surface area contributed by atoms with Crippen LogP contribution in [0.2, 0.25) is 5.02 Å². The molecule has 1 aliphatic rings. The number of benzene rings is 2. The van der Waals surface area contributed by atoms with Gasteiger partial charge >= 0.3 is 0 Å². The van der Waals surface area contributed by atoms with E-state index in [9.17, 15) is 4.79 Å². The van der Waals surface area contributed by atoms with Gasteiger partial charge in [-0.25, -0.2) is 0 Å². The van der Waals surface area contributed by atoms with Gasteiger partial charge in [-0.3, -0.25) is 4.79 Å². The van der Waals surface area contributed by atoms with Crippen molar-refractivity contribution >= 4 is 28.9 Å². The Bertz CT molecular complexity index is 789. The molecule has 0 unspecified atom stereocenters. The van der Waals surface area contributed by atoms with Gasteiger partial charge in [-0.2, -0.15) is 0 Å². The number of anilines is 2. The third kappa shape index (κ3) is 5.40. The van der Waals surface area contributed by atoms with Crippen LogP contribution in [0, 0.1) is 0 Å². The Morgan fingerprint density at radius 3 is 2.57 bits per heavy atom. The molecule has 0 aliphatic carbocycles. The highest BCUT2D eigenvalue weighted by Gasteiger charge is 2.15. The minimum atomic E-state index is -0.221. The quantitative estimate of drug-likeness (QED) is 0.728. The first-order chi connectivity index (χ1) is 13.6. The lowest BCUT2D eigenvalue weighted by Gasteiger charge is -2.29. The maximum Gasteiger partial charge on any atom is 0.262 e. The molecule has 1 N–H and O–H groups in total. The van der Waals surface area contributed by atoms with E-state index in [2.05, 4.69) is 24.1 Å². The van der Waals surface area contributed by atoms with Crippen molar-refractivity contribution in [1.82, 2.24) is 0 Å². The van der Waals surface area contributed by atoms with Gasteiger partial charge in [0, 0.05) is 18.8 Å². The van der Waals surface area contributed by atoms with Gasteiger partial charge in [-0.05, 0) is 48.2 Å². The van der Waals surface area contributed by atoms with E-state index < -0.39 is 0 Å². The summed E-state index contributed by atoms with van der Waals surface area (Å²) in [6.07, 6.45) is 1.09. The SMILES string of the molecule is CC[C@@H](C)c1ccc(OCC(=O)Nc2ccc(N3CCOCC3)c(Cl)c2)cc1. The van der Waals surface area contributed by atoms with E-state index in [-0.39, 0.29) is 12.5 Å². The van der Waals surface area contributed by atoms with Crippen LogP contribution in [0.15, 0.2) is 42.5 Å². The van der Waals surface area contributed by atoms with Crippen LogP contribution >= 0.6 is 11.6 Å². The number of amides is 1. The standard InChI is InChI=1S/C22H27ClN2O3/c1-3-16(2)17-4-7-19(8-5-17)28-15-22(26)24-18-6-9-21(20(23)14-18)25-10-12-27-13-11-25/h4-9,14,16H,3,10-13,15H2,1-2H3,(H,24,26)/t16-/m1/s1. The van der Waals surface area contributed by atoms with E-state index in [0.29, 0.717) is 35.6 Å². The fourth-order valence-corrected chi connectivity index (χ4v) is 3.42. The van der Waals surface area contributed by atoms with Gasteiger partial charge < -0.3 is 19.7 Å². The summed E-state index contributed by atoms with van der Waals surface area (Å²) in [6.45, 7) is 7.34. The number of ether oxygens (including phenoxy) is 2. The van der Waals surface area contributed by atoms with Crippen LogP contribution in [0.4, 0.5) is 11.4 Å². The molecule has 28 heavy (non-hydrogen) atoms. The maximum atomic E-state index is 12.2. The van der Waals surface area contributed by atoms with Crippen molar-refractivity contribution in [1.29, 1.82) is 0 Å². The lowest BCUT2D eigenvalue weighted by Crippen LogP contribution is -2.36. The zero-order valence-electron chi connectivity index (χ0n) is 16.4. The summed E-state index contributed by atoms with van der Waals surface area (Å²) in [5, 5.41) is 3.44. The van der Waals surface area contributed by atoms with E-state index in [4.69, 9.17) is 21.1 Å². The first-order valence-electron chi connectivity index (χ1n) is 9.71. The minimum Gasteiger partial charge on any atom is -0.484 e. The molecule has 6 heteroatoms. The molecule has 0 bridgehead atoms. The van der Waals surface area contributed by atoms with Gasteiger partial charge in [0.1, 0.15) is 5.75 Å². The Hall–Kier alpha value is -2.24. The molecule has 0 saturated carbocycles. The van der Waals surface area contributed by atoms with Crippen LogP contribution in [0.3, 0.4) is 0 Å². The number of halogens is 1. The third-order valence-corrected chi connectivity index (χ3v) is 5.32. The third-order valence-electron chi connectivity index (χ3n) is 5.01. The maximum absolute atomic E-state index is 12.2. The summed E-state index contributed by atoms with van der Waals surface area (Å²) >= 11 is 6.41. The first kappa shape index (κ1) is 20.5. The van der Waals surface area contributed by atoms with Crippen LogP contribution in [0.1, 0.15) is 31.7 Å². The Balaban J connectivity index is 1.52. The Morgan fingerprint density at radius 1 is 1.21 bits per heavy atom. The number of carbonyl (C=O) groups is 1. The van der Waals surface area contributed by atoms with Crippen molar-refractivity contribution < 1.29 is 14.3 Å². The van der Waals surface area contributed by atoms with Gasteiger partial charge in [0.25, 0.3) is 5.91 Å². The Morgan fingerprint density at radius 2 is 1.93 bits per heavy atom. The monoisotopic (exact) mass is 402 g/mol. The fourth-order valence-electron chi connectivity index (χ4n) is 3.12. The summed E-state index contributed by atoms with van der Waals surface area (Å²) in [6, 6.07) is 13.5. The summed E-state index contributed by atoms with van der Waals surface area (Å²) in [7, 11) is 0. The lowest BCUT2D eigenvalue weighted by molar-refractivity contribution is -0.118. The second-order valence-corrected chi connectivity index (χ2v) is 7.39. The zero-order chi connectivity index (χ0) is 19.9. The van der Waals surface area contributed by atoms with Crippen molar-refractivity contribution in [2.75, 3.05) is 43.1 Å². The number of hydrogen-bond donors (Lipinski definition) is 1. The first-order valence-corrected chi connectivity index (χ1v) is 10.1. The molecule has 1 aliphatic heterocycles. The van der Waals surface area contributed by atoms with Crippen LogP contribution in [-0.4, -0.2) is 38.8 Å². The summed E-state index contributed by atoms with van der Waals surface area (Å²) in [5.41, 5.74) is 2.89. The van der Waals surface area contributed by atoms with Gasteiger partial charge in [-0.15, -0.1) is 0 Å². The highest BCUT2D eigenvalue weighted by molar-refractivity contribution is 6.33. The van der Waals surface area contributed by atoms with Crippen LogP contribution in [-0.2, 0) is 9.53 Å². The van der Waals surface area contributed by atoms with Gasteiger partial charge in [-0.1, -0.05) is 37.6 Å². The van der Waals surface area contributed by atoms with Crippen LogP contribution in [0.5, 0.6) is 5.75 Å². The van der Waals surface area contributed by atoms with E-state index in [0.717, 1.165) is 25.2 Å². The number of hydrogen-bond acceptors (Lipinski definition) is 4. The molecule has 1 fully saturated rings. The molecule has 5 nitrogen and oxygen atoms in total. The highest BCUT2D eigenvalue weighted by Crippen LogP contribution is 2.29. The molecular formula is C22H27ClN2O3. The molecule has 0 spiro atoms.